The fourth-order valence-electron chi connectivity index (χ4n) is 9.99. The highest BCUT2D eigenvalue weighted by molar-refractivity contribution is 6.27. The molecule has 294 valence electrons. The Labute approximate surface area is 363 Å². The number of fused-ring (bicyclic) bond motifs is 10. The minimum atomic E-state index is 0.674. The molecule has 9 aromatic carbocycles. The van der Waals surface area contributed by atoms with Gasteiger partial charge in [-0.25, -0.2) is 9.97 Å². The van der Waals surface area contributed by atoms with Crippen LogP contribution in [-0.4, -0.2) is 23.7 Å². The Bertz CT molecular complexity index is 3820. The van der Waals surface area contributed by atoms with Crippen LogP contribution in [0.3, 0.4) is 0 Å². The average molecular weight is 804 g/mol. The van der Waals surface area contributed by atoms with Gasteiger partial charge >= 0.3 is 0 Å². The summed E-state index contributed by atoms with van der Waals surface area (Å²) in [5.41, 5.74) is 14.8. The van der Waals surface area contributed by atoms with Crippen molar-refractivity contribution in [1.29, 1.82) is 0 Å². The molecule has 0 fully saturated rings. The maximum absolute atomic E-state index is 5.60. The lowest BCUT2D eigenvalue weighted by atomic mass is 10.0. The predicted molar refractivity (Wildman–Crippen MR) is 261 cm³/mol. The zero-order valence-electron chi connectivity index (χ0n) is 34.1. The van der Waals surface area contributed by atoms with Gasteiger partial charge in [0.25, 0.3) is 0 Å². The van der Waals surface area contributed by atoms with Crippen molar-refractivity contribution in [1.82, 2.24) is 23.7 Å². The Morgan fingerprint density at radius 3 is 1.43 bits per heavy atom. The first kappa shape index (κ1) is 35.2. The maximum Gasteiger partial charge on any atom is 0.160 e. The first-order valence-electron chi connectivity index (χ1n) is 21.4. The van der Waals surface area contributed by atoms with E-state index in [1.54, 1.807) is 0 Å². The van der Waals surface area contributed by atoms with Crippen molar-refractivity contribution in [3.05, 3.63) is 224 Å². The Morgan fingerprint density at radius 2 is 0.778 bits per heavy atom. The molecule has 4 aromatic heterocycles. The summed E-state index contributed by atoms with van der Waals surface area (Å²) in [4.78, 5) is 10.9. The zero-order chi connectivity index (χ0) is 41.4. The summed E-state index contributed by atoms with van der Waals surface area (Å²) in [7, 11) is 0. The van der Waals surface area contributed by atoms with Crippen molar-refractivity contribution in [3.63, 3.8) is 0 Å². The van der Waals surface area contributed by atoms with Crippen LogP contribution in [0.2, 0.25) is 0 Å². The molecule has 0 saturated heterocycles. The first-order valence-corrected chi connectivity index (χ1v) is 21.4. The van der Waals surface area contributed by atoms with E-state index in [1.807, 2.05) is 6.07 Å². The molecule has 0 radical (unpaired) electrons. The van der Waals surface area contributed by atoms with E-state index in [0.29, 0.717) is 5.82 Å². The number of aromatic nitrogens is 5. The zero-order valence-corrected chi connectivity index (χ0v) is 34.1. The van der Waals surface area contributed by atoms with E-state index in [4.69, 9.17) is 9.97 Å². The highest BCUT2D eigenvalue weighted by Gasteiger charge is 2.27. The average Bonchev–Trinajstić information content (AvgIpc) is 4.00. The molecule has 0 unspecified atom stereocenters. The first-order chi connectivity index (χ1) is 31.3. The SMILES string of the molecule is c1ccc(-c2cc(-c3c(-n4c5ccccc5c5ccc6c(c7ccccc7n6-c6ccccc6)c54)ccc4c5ccccc5n(-c5ccccc5)c34)nc(-c3ccccc3)n2)cc1. The van der Waals surface area contributed by atoms with Gasteiger partial charge in [-0.3, -0.25) is 0 Å². The number of benzene rings is 9. The van der Waals surface area contributed by atoms with Gasteiger partial charge in [0, 0.05) is 60.4 Å². The maximum atomic E-state index is 5.60. The predicted octanol–water partition coefficient (Wildman–Crippen LogP) is 14.8. The van der Waals surface area contributed by atoms with Crippen LogP contribution in [0.5, 0.6) is 0 Å². The van der Waals surface area contributed by atoms with Crippen molar-refractivity contribution in [2.45, 2.75) is 0 Å². The molecule has 0 bridgehead atoms. The molecule has 5 heteroatoms. The lowest BCUT2D eigenvalue weighted by Gasteiger charge is -2.19. The number of hydrogen-bond acceptors (Lipinski definition) is 2. The van der Waals surface area contributed by atoms with Crippen molar-refractivity contribution in [2.75, 3.05) is 0 Å². The van der Waals surface area contributed by atoms with E-state index in [1.165, 1.54) is 32.4 Å². The Morgan fingerprint density at radius 1 is 0.302 bits per heavy atom. The van der Waals surface area contributed by atoms with Crippen LogP contribution in [0.25, 0.3) is 116 Å². The summed E-state index contributed by atoms with van der Waals surface area (Å²) < 4.78 is 7.36. The van der Waals surface area contributed by atoms with Gasteiger partial charge in [0.05, 0.1) is 50.2 Å². The normalized spacial score (nSPS) is 11.8. The molecule has 0 aliphatic rings. The molecule has 5 nitrogen and oxygen atoms in total. The van der Waals surface area contributed by atoms with E-state index >= 15 is 0 Å². The largest absolute Gasteiger partial charge is 0.309 e. The number of nitrogens with zero attached hydrogens (tertiary/aromatic N) is 5. The van der Waals surface area contributed by atoms with E-state index in [9.17, 15) is 0 Å². The van der Waals surface area contributed by atoms with Gasteiger partial charge in [0.1, 0.15) is 0 Å². The van der Waals surface area contributed by atoms with Crippen molar-refractivity contribution >= 4 is 65.4 Å². The Kier molecular flexibility index (Phi) is 7.84. The second-order valence-electron chi connectivity index (χ2n) is 16.1. The van der Waals surface area contributed by atoms with Crippen molar-refractivity contribution < 1.29 is 0 Å². The summed E-state index contributed by atoms with van der Waals surface area (Å²) in [6.45, 7) is 0. The molecule has 0 N–H and O–H groups in total. The summed E-state index contributed by atoms with van der Waals surface area (Å²) in [6, 6.07) is 80.2. The van der Waals surface area contributed by atoms with Crippen LogP contribution in [0.1, 0.15) is 0 Å². The summed E-state index contributed by atoms with van der Waals surface area (Å²) in [5.74, 6) is 0.674. The van der Waals surface area contributed by atoms with Crippen LogP contribution in [0.4, 0.5) is 0 Å². The summed E-state index contributed by atoms with van der Waals surface area (Å²) >= 11 is 0. The summed E-state index contributed by atoms with van der Waals surface area (Å²) in [6.07, 6.45) is 0. The monoisotopic (exact) mass is 803 g/mol. The topological polar surface area (TPSA) is 40.6 Å². The van der Waals surface area contributed by atoms with E-state index in [0.717, 1.165) is 78.1 Å². The standard InChI is InChI=1S/C58H37N5/c1-5-19-38(20-6-1)47-37-48(60-58(59-47)39-21-7-2-8-22-39)55-53(36-34-45-42-27-13-16-30-49(42)62(57(45)55)41-25-11-4-12-26-41)63-50-31-17-14-28-43(50)44-33-35-52-54(56(44)63)46-29-15-18-32-51(46)61(52)40-23-9-3-10-24-40/h1-37H. The van der Waals surface area contributed by atoms with E-state index in [2.05, 4.69) is 232 Å². The molecular weight excluding hydrogens is 767 g/mol. The van der Waals surface area contributed by atoms with Crippen LogP contribution < -0.4 is 0 Å². The van der Waals surface area contributed by atoms with Gasteiger partial charge in [-0.1, -0.05) is 164 Å². The third-order valence-electron chi connectivity index (χ3n) is 12.6. The van der Waals surface area contributed by atoms with Gasteiger partial charge in [0.15, 0.2) is 5.82 Å². The van der Waals surface area contributed by atoms with Gasteiger partial charge in [-0.2, -0.15) is 0 Å². The number of hydrogen-bond donors (Lipinski definition) is 0. The molecule has 63 heavy (non-hydrogen) atoms. The molecule has 0 aliphatic heterocycles. The van der Waals surface area contributed by atoms with Crippen molar-refractivity contribution in [2.24, 2.45) is 0 Å². The lowest BCUT2D eigenvalue weighted by molar-refractivity contribution is 1.14. The highest BCUT2D eigenvalue weighted by Crippen LogP contribution is 2.47. The molecule has 0 aliphatic carbocycles. The molecule has 0 atom stereocenters. The highest BCUT2D eigenvalue weighted by atomic mass is 15.0. The van der Waals surface area contributed by atoms with Crippen LogP contribution in [0.15, 0.2) is 224 Å². The summed E-state index contributed by atoms with van der Waals surface area (Å²) in [5, 5.41) is 7.13. The smallest absolute Gasteiger partial charge is 0.160 e. The second kappa shape index (κ2) is 14.0. The van der Waals surface area contributed by atoms with E-state index in [-0.39, 0.29) is 0 Å². The van der Waals surface area contributed by atoms with Gasteiger partial charge in [0.2, 0.25) is 0 Å². The van der Waals surface area contributed by atoms with Crippen LogP contribution in [-0.2, 0) is 0 Å². The van der Waals surface area contributed by atoms with Gasteiger partial charge in [-0.05, 0) is 60.7 Å². The Balaban J connectivity index is 1.26. The van der Waals surface area contributed by atoms with Gasteiger partial charge in [-0.15, -0.1) is 0 Å². The minimum Gasteiger partial charge on any atom is -0.309 e. The van der Waals surface area contributed by atoms with Crippen LogP contribution >= 0.6 is 0 Å². The molecule has 0 amide bonds. The molecule has 4 heterocycles. The molecular formula is C58H37N5. The minimum absolute atomic E-state index is 0.674. The van der Waals surface area contributed by atoms with Gasteiger partial charge < -0.3 is 13.7 Å². The second-order valence-corrected chi connectivity index (χ2v) is 16.1. The van der Waals surface area contributed by atoms with Crippen molar-refractivity contribution in [3.8, 4) is 51.0 Å². The third kappa shape index (κ3) is 5.36. The van der Waals surface area contributed by atoms with Crippen LogP contribution in [0, 0.1) is 0 Å². The molecule has 0 spiro atoms. The molecule has 13 rings (SSSR count). The third-order valence-corrected chi connectivity index (χ3v) is 12.6. The number of rotatable bonds is 6. The quantitative estimate of drug-likeness (QED) is 0.168. The fourth-order valence-corrected chi connectivity index (χ4v) is 9.99. The fraction of sp³-hybridized carbons (Fsp3) is 0. The van der Waals surface area contributed by atoms with E-state index < -0.39 is 0 Å². The Hall–Kier alpha value is -8.54. The molecule has 0 saturated carbocycles. The lowest BCUT2D eigenvalue weighted by Crippen LogP contribution is -2.04. The molecule has 13 aromatic rings. The number of para-hydroxylation sites is 5.